The topological polar surface area (TPSA) is 60.9 Å². The number of aliphatic carboxylic acids is 1. The first kappa shape index (κ1) is 13.2. The second-order valence-electron chi connectivity index (χ2n) is 5.92. The zero-order valence-corrected chi connectivity index (χ0v) is 11.3. The maximum atomic E-state index is 12.2. The van der Waals surface area contributed by atoms with Crippen molar-refractivity contribution in [2.75, 3.05) is 19.6 Å². The maximum absolute atomic E-state index is 12.2. The van der Waals surface area contributed by atoms with Crippen molar-refractivity contribution in [1.29, 1.82) is 0 Å². The van der Waals surface area contributed by atoms with E-state index in [1.54, 1.807) is 11.8 Å². The van der Waals surface area contributed by atoms with E-state index in [-0.39, 0.29) is 17.9 Å². The van der Waals surface area contributed by atoms with Crippen LogP contribution < -0.4 is 0 Å². The molecule has 2 rings (SSSR count). The van der Waals surface area contributed by atoms with Gasteiger partial charge in [-0.15, -0.1) is 0 Å². The van der Waals surface area contributed by atoms with E-state index in [1.165, 1.54) is 0 Å². The van der Waals surface area contributed by atoms with Crippen LogP contribution in [0.5, 0.6) is 0 Å². The molecule has 0 aliphatic carbocycles. The molecule has 0 aromatic carbocycles. The number of urea groups is 1. The summed E-state index contributed by atoms with van der Waals surface area (Å²) in [5, 5.41) is 8.92. The van der Waals surface area contributed by atoms with E-state index in [2.05, 4.69) is 13.8 Å². The molecule has 2 aliphatic heterocycles. The first-order valence-corrected chi connectivity index (χ1v) is 6.68. The molecule has 18 heavy (non-hydrogen) atoms. The lowest BCUT2D eigenvalue weighted by molar-refractivity contribution is -0.144. The summed E-state index contributed by atoms with van der Waals surface area (Å²) < 4.78 is 0. The third-order valence-corrected chi connectivity index (χ3v) is 4.31. The van der Waals surface area contributed by atoms with Gasteiger partial charge in [-0.3, -0.25) is 4.79 Å². The van der Waals surface area contributed by atoms with Crippen LogP contribution in [0.3, 0.4) is 0 Å². The van der Waals surface area contributed by atoms with Crippen LogP contribution in [0.4, 0.5) is 4.79 Å². The van der Waals surface area contributed by atoms with Gasteiger partial charge in [0.1, 0.15) is 0 Å². The number of carboxylic acids is 1. The molecule has 0 spiro atoms. The lowest BCUT2D eigenvalue weighted by Gasteiger charge is -2.43. The molecule has 2 heterocycles. The summed E-state index contributed by atoms with van der Waals surface area (Å²) in [6.45, 7) is 7.96. The lowest BCUT2D eigenvalue weighted by atomic mass is 9.87. The number of carbonyl (C=O) groups excluding carboxylic acids is 1. The van der Waals surface area contributed by atoms with E-state index in [9.17, 15) is 9.59 Å². The fourth-order valence-corrected chi connectivity index (χ4v) is 2.93. The number of carbonyl (C=O) groups is 2. The molecule has 0 radical (unpaired) electrons. The van der Waals surface area contributed by atoms with Crippen molar-refractivity contribution in [3.8, 4) is 0 Å². The summed E-state index contributed by atoms with van der Waals surface area (Å²) in [6.07, 6.45) is 1.06. The van der Waals surface area contributed by atoms with Crippen LogP contribution in [-0.2, 0) is 4.79 Å². The number of nitrogens with zero attached hydrogens (tertiary/aromatic N) is 2. The highest BCUT2D eigenvalue weighted by atomic mass is 16.4. The Morgan fingerprint density at radius 1 is 1.22 bits per heavy atom. The van der Waals surface area contributed by atoms with Crippen molar-refractivity contribution in [2.24, 2.45) is 17.8 Å². The van der Waals surface area contributed by atoms with Crippen molar-refractivity contribution in [3.05, 3.63) is 0 Å². The fourth-order valence-electron chi connectivity index (χ4n) is 2.93. The van der Waals surface area contributed by atoms with Gasteiger partial charge in [-0.05, 0) is 19.3 Å². The van der Waals surface area contributed by atoms with Gasteiger partial charge < -0.3 is 14.9 Å². The minimum atomic E-state index is -0.768. The highest BCUT2D eigenvalue weighted by molar-refractivity contribution is 5.77. The number of carboxylic acid groups (broad SMARTS) is 1. The van der Waals surface area contributed by atoms with Gasteiger partial charge in [-0.2, -0.15) is 0 Å². The largest absolute Gasteiger partial charge is 0.481 e. The molecular weight excluding hydrogens is 232 g/mol. The highest BCUT2D eigenvalue weighted by Crippen LogP contribution is 2.29. The van der Waals surface area contributed by atoms with Crippen molar-refractivity contribution < 1.29 is 14.7 Å². The standard InChI is InChI=1S/C13H22N2O3/c1-8-4-9(2)15(5-8)13(18)14-6-11(7-14)10(3)12(16)17/h8-11H,4-7H2,1-3H3,(H,16,17). The highest BCUT2D eigenvalue weighted by Gasteiger charge is 2.41. The molecule has 2 amide bonds. The first-order chi connectivity index (χ1) is 8.40. The molecule has 3 unspecified atom stereocenters. The number of hydrogen-bond donors (Lipinski definition) is 1. The summed E-state index contributed by atoms with van der Waals surface area (Å²) in [4.78, 5) is 26.8. The summed E-state index contributed by atoms with van der Waals surface area (Å²) in [5.74, 6) is -0.444. The number of hydrogen-bond acceptors (Lipinski definition) is 2. The Morgan fingerprint density at radius 2 is 1.83 bits per heavy atom. The summed E-state index contributed by atoms with van der Waals surface area (Å²) in [7, 11) is 0. The fraction of sp³-hybridized carbons (Fsp3) is 0.846. The third-order valence-electron chi connectivity index (χ3n) is 4.31. The van der Waals surface area contributed by atoms with Crippen LogP contribution in [0, 0.1) is 17.8 Å². The van der Waals surface area contributed by atoms with Gasteiger partial charge in [-0.1, -0.05) is 13.8 Å². The molecule has 1 N–H and O–H groups in total. The van der Waals surface area contributed by atoms with E-state index < -0.39 is 5.97 Å². The molecule has 5 heteroatoms. The Hall–Kier alpha value is -1.26. The molecule has 2 aliphatic rings. The summed E-state index contributed by atoms with van der Waals surface area (Å²) in [6, 6.07) is 0.393. The molecule has 0 saturated carbocycles. The van der Waals surface area contributed by atoms with Gasteiger partial charge >= 0.3 is 12.0 Å². The molecule has 0 aromatic rings. The third kappa shape index (κ3) is 2.31. The smallest absolute Gasteiger partial charge is 0.320 e. The Bertz CT molecular complexity index is 352. The quantitative estimate of drug-likeness (QED) is 0.812. The minimum absolute atomic E-state index is 0.0840. The van der Waals surface area contributed by atoms with Gasteiger partial charge in [0.25, 0.3) is 0 Å². The van der Waals surface area contributed by atoms with Crippen molar-refractivity contribution >= 4 is 12.0 Å². The Morgan fingerprint density at radius 3 is 2.28 bits per heavy atom. The van der Waals surface area contributed by atoms with Gasteiger partial charge in [0.05, 0.1) is 5.92 Å². The van der Waals surface area contributed by atoms with E-state index in [0.717, 1.165) is 13.0 Å². The first-order valence-electron chi connectivity index (χ1n) is 6.68. The molecule has 2 fully saturated rings. The average molecular weight is 254 g/mol. The predicted molar refractivity (Wildman–Crippen MR) is 67.2 cm³/mol. The Balaban J connectivity index is 1.85. The van der Waals surface area contributed by atoms with Crippen LogP contribution in [0.2, 0.25) is 0 Å². The summed E-state index contributed by atoms with van der Waals surface area (Å²) in [5.41, 5.74) is 0. The van der Waals surface area contributed by atoms with Crippen molar-refractivity contribution in [1.82, 2.24) is 9.80 Å². The zero-order valence-electron chi connectivity index (χ0n) is 11.3. The van der Waals surface area contributed by atoms with Gasteiger partial charge in [0.15, 0.2) is 0 Å². The Kier molecular flexibility index (Phi) is 3.50. The zero-order chi connectivity index (χ0) is 13.4. The predicted octanol–water partition coefficient (Wildman–Crippen LogP) is 1.49. The van der Waals surface area contributed by atoms with Crippen LogP contribution in [0.1, 0.15) is 27.2 Å². The van der Waals surface area contributed by atoms with Crippen LogP contribution in [-0.4, -0.2) is 52.6 Å². The van der Waals surface area contributed by atoms with E-state index in [4.69, 9.17) is 5.11 Å². The normalized spacial score (nSPS) is 30.2. The molecule has 0 aromatic heterocycles. The van der Waals surface area contributed by atoms with Gasteiger partial charge in [0.2, 0.25) is 0 Å². The van der Waals surface area contributed by atoms with E-state index in [0.29, 0.717) is 25.0 Å². The molecule has 5 nitrogen and oxygen atoms in total. The van der Waals surface area contributed by atoms with Gasteiger partial charge in [0, 0.05) is 31.6 Å². The molecule has 102 valence electrons. The Labute approximate surface area is 108 Å². The second kappa shape index (κ2) is 4.78. The SMILES string of the molecule is CC1CC(C)N(C(=O)N2CC(C(C)C(=O)O)C2)C1. The summed E-state index contributed by atoms with van der Waals surface area (Å²) >= 11 is 0. The van der Waals surface area contributed by atoms with E-state index >= 15 is 0 Å². The average Bonchev–Trinajstić information content (AvgIpc) is 2.55. The number of rotatable bonds is 2. The van der Waals surface area contributed by atoms with Crippen LogP contribution >= 0.6 is 0 Å². The number of likely N-dealkylation sites (tertiary alicyclic amines) is 2. The van der Waals surface area contributed by atoms with Crippen molar-refractivity contribution in [3.63, 3.8) is 0 Å². The molecule has 3 atom stereocenters. The molecule has 2 saturated heterocycles. The van der Waals surface area contributed by atoms with Crippen LogP contribution in [0.15, 0.2) is 0 Å². The van der Waals surface area contributed by atoms with Crippen LogP contribution in [0.25, 0.3) is 0 Å². The van der Waals surface area contributed by atoms with E-state index in [1.807, 2.05) is 4.90 Å². The lowest BCUT2D eigenvalue weighted by Crippen LogP contribution is -2.57. The second-order valence-corrected chi connectivity index (χ2v) is 5.92. The number of amides is 2. The molecule has 0 bridgehead atoms. The monoisotopic (exact) mass is 254 g/mol. The molecular formula is C13H22N2O3. The van der Waals surface area contributed by atoms with Gasteiger partial charge in [-0.25, -0.2) is 4.79 Å². The van der Waals surface area contributed by atoms with Crippen molar-refractivity contribution in [2.45, 2.75) is 33.2 Å². The minimum Gasteiger partial charge on any atom is -0.481 e. The maximum Gasteiger partial charge on any atom is 0.320 e.